The Balaban J connectivity index is 2.43. The van der Waals surface area contributed by atoms with Crippen molar-refractivity contribution in [3.05, 3.63) is 62.5 Å². The monoisotopic (exact) mass is 314 g/mol. The smallest absolute Gasteiger partial charge is 0.204 e. The number of nitrogen functional groups attached to an aromatic ring is 1. The molecule has 3 nitrogen and oxygen atoms in total. The lowest BCUT2D eigenvalue weighted by molar-refractivity contribution is 0.540. The molecule has 0 amide bonds. The van der Waals surface area contributed by atoms with Crippen molar-refractivity contribution in [1.29, 1.82) is 0 Å². The molecule has 0 aliphatic rings. The highest BCUT2D eigenvalue weighted by Crippen LogP contribution is 2.22. The summed E-state index contributed by atoms with van der Waals surface area (Å²) in [7, 11) is 0. The third-order valence-electron chi connectivity index (χ3n) is 2.49. The number of halogens is 3. The van der Waals surface area contributed by atoms with E-state index in [0.29, 0.717) is 0 Å². The van der Waals surface area contributed by atoms with Crippen molar-refractivity contribution >= 4 is 21.6 Å². The molecule has 2 rings (SSSR count). The van der Waals surface area contributed by atoms with Crippen molar-refractivity contribution in [3.63, 3.8) is 0 Å². The minimum Gasteiger partial charge on any atom is -0.394 e. The first-order valence-electron chi connectivity index (χ1n) is 5.07. The van der Waals surface area contributed by atoms with E-state index in [0.717, 1.165) is 0 Å². The lowest BCUT2D eigenvalue weighted by Gasteiger charge is -2.10. The van der Waals surface area contributed by atoms with E-state index < -0.39 is 11.6 Å². The Labute approximate surface area is 110 Å². The Kier molecular flexibility index (Phi) is 3.47. The normalized spacial score (nSPS) is 10.6. The number of nitrogens with zero attached hydrogens (tertiary/aromatic N) is 1. The second-order valence-electron chi connectivity index (χ2n) is 3.76. The highest BCUT2D eigenvalue weighted by molar-refractivity contribution is 9.10. The molecule has 2 N–H and O–H groups in total. The second kappa shape index (κ2) is 4.89. The zero-order valence-corrected chi connectivity index (χ0v) is 10.7. The van der Waals surface area contributed by atoms with Gasteiger partial charge < -0.3 is 10.3 Å². The highest BCUT2D eigenvalue weighted by atomic mass is 79.9. The predicted octanol–water partition coefficient (Wildman–Crippen LogP) is 2.52. The number of nitrogens with two attached hydrogens (primary N) is 1. The largest absolute Gasteiger partial charge is 0.394 e. The zero-order valence-electron chi connectivity index (χ0n) is 9.16. The van der Waals surface area contributed by atoms with Crippen molar-refractivity contribution < 1.29 is 8.78 Å². The Morgan fingerprint density at radius 2 is 2.00 bits per heavy atom. The van der Waals surface area contributed by atoms with Crippen molar-refractivity contribution in [2.75, 3.05) is 5.73 Å². The van der Waals surface area contributed by atoms with Gasteiger partial charge >= 0.3 is 0 Å². The number of hydrogen-bond acceptors (Lipinski definition) is 2. The first-order valence-corrected chi connectivity index (χ1v) is 5.86. The Morgan fingerprint density at radius 1 is 1.28 bits per heavy atom. The van der Waals surface area contributed by atoms with Gasteiger partial charge in [-0.25, -0.2) is 8.78 Å². The average molecular weight is 315 g/mol. The maximum Gasteiger partial charge on any atom is 0.204 e. The fraction of sp³-hybridized carbons (Fsp3) is 0.0833. The van der Waals surface area contributed by atoms with Gasteiger partial charge in [-0.3, -0.25) is 4.79 Å². The van der Waals surface area contributed by atoms with E-state index in [2.05, 4.69) is 15.9 Å². The summed E-state index contributed by atoms with van der Waals surface area (Å²) in [4.78, 5) is 11.1. The van der Waals surface area contributed by atoms with E-state index in [1.807, 2.05) is 0 Å². The summed E-state index contributed by atoms with van der Waals surface area (Å²) in [6.07, 6.45) is 2.78. The standard InChI is InChI=1S/C12H9BrF2N2O/c13-8-1-2-9(14)7(12(8)15)5-17-4-3-11(18)10(16)6-17/h1-4,6H,5,16H2. The summed E-state index contributed by atoms with van der Waals surface area (Å²) in [6.45, 7) is -0.0401. The van der Waals surface area contributed by atoms with Gasteiger partial charge in [0, 0.05) is 24.0 Å². The number of aromatic nitrogens is 1. The van der Waals surface area contributed by atoms with Gasteiger partial charge in [0.05, 0.1) is 16.7 Å². The van der Waals surface area contributed by atoms with Gasteiger partial charge in [0.15, 0.2) is 0 Å². The van der Waals surface area contributed by atoms with E-state index in [1.54, 1.807) is 0 Å². The molecule has 0 unspecified atom stereocenters. The molecule has 2 aromatic rings. The van der Waals surface area contributed by atoms with Gasteiger partial charge in [0.1, 0.15) is 11.6 Å². The lowest BCUT2D eigenvalue weighted by atomic mass is 10.2. The van der Waals surface area contributed by atoms with Crippen LogP contribution in [-0.2, 0) is 6.54 Å². The van der Waals surface area contributed by atoms with Crippen LogP contribution in [-0.4, -0.2) is 4.57 Å². The summed E-state index contributed by atoms with van der Waals surface area (Å²) < 4.78 is 28.9. The van der Waals surface area contributed by atoms with Gasteiger partial charge in [0.2, 0.25) is 5.43 Å². The van der Waals surface area contributed by atoms with Crippen LogP contribution in [0.4, 0.5) is 14.5 Å². The highest BCUT2D eigenvalue weighted by Gasteiger charge is 2.12. The minimum atomic E-state index is -0.660. The molecule has 0 fully saturated rings. The van der Waals surface area contributed by atoms with Crippen LogP contribution in [0.5, 0.6) is 0 Å². The number of rotatable bonds is 2. The molecule has 1 heterocycles. The van der Waals surface area contributed by atoms with Gasteiger partial charge in [-0.05, 0) is 28.1 Å². The van der Waals surface area contributed by atoms with E-state index in [9.17, 15) is 13.6 Å². The van der Waals surface area contributed by atoms with Crippen LogP contribution in [0.3, 0.4) is 0 Å². The van der Waals surface area contributed by atoms with Crippen LogP contribution in [0.15, 0.2) is 39.9 Å². The molecule has 94 valence electrons. The Morgan fingerprint density at radius 3 is 2.67 bits per heavy atom. The molecule has 0 aliphatic carbocycles. The molecule has 18 heavy (non-hydrogen) atoms. The van der Waals surface area contributed by atoms with Gasteiger partial charge in [-0.2, -0.15) is 0 Å². The van der Waals surface area contributed by atoms with Crippen LogP contribution in [0.2, 0.25) is 0 Å². The topological polar surface area (TPSA) is 48.0 Å². The molecule has 0 aliphatic heterocycles. The summed E-state index contributed by atoms with van der Waals surface area (Å²) in [5, 5.41) is 0. The molecule has 6 heteroatoms. The Hall–Kier alpha value is -1.69. The molecule has 0 saturated heterocycles. The van der Waals surface area contributed by atoms with Crippen LogP contribution >= 0.6 is 15.9 Å². The fourth-order valence-electron chi connectivity index (χ4n) is 1.54. The van der Waals surface area contributed by atoms with Gasteiger partial charge in [0.25, 0.3) is 0 Å². The summed E-state index contributed by atoms with van der Waals surface area (Å²) >= 11 is 2.99. The van der Waals surface area contributed by atoms with Crippen molar-refractivity contribution in [2.45, 2.75) is 6.54 Å². The van der Waals surface area contributed by atoms with Gasteiger partial charge in [-0.1, -0.05) is 0 Å². The summed E-state index contributed by atoms with van der Waals surface area (Å²) in [5.74, 6) is -1.31. The third kappa shape index (κ3) is 2.43. The van der Waals surface area contributed by atoms with Crippen LogP contribution in [0.1, 0.15) is 5.56 Å². The summed E-state index contributed by atoms with van der Waals surface area (Å²) in [6, 6.07) is 3.73. The number of anilines is 1. The number of benzene rings is 1. The van der Waals surface area contributed by atoms with E-state index in [4.69, 9.17) is 5.73 Å². The molecule has 0 radical (unpaired) electrons. The molecule has 0 bridgehead atoms. The van der Waals surface area contributed by atoms with E-state index >= 15 is 0 Å². The summed E-state index contributed by atoms with van der Waals surface area (Å²) in [5.41, 5.74) is 5.08. The average Bonchev–Trinajstić information content (AvgIpc) is 2.34. The predicted molar refractivity (Wildman–Crippen MR) is 68.3 cm³/mol. The number of hydrogen-bond donors (Lipinski definition) is 1. The van der Waals surface area contributed by atoms with Crippen LogP contribution in [0, 0.1) is 11.6 Å². The zero-order chi connectivity index (χ0) is 13.3. The third-order valence-corrected chi connectivity index (χ3v) is 3.10. The SMILES string of the molecule is Nc1cn(Cc2c(F)ccc(Br)c2F)ccc1=O. The van der Waals surface area contributed by atoms with E-state index in [-0.39, 0.29) is 27.7 Å². The van der Waals surface area contributed by atoms with Crippen LogP contribution < -0.4 is 11.2 Å². The number of pyridine rings is 1. The van der Waals surface area contributed by atoms with Crippen molar-refractivity contribution in [3.8, 4) is 0 Å². The molecule has 1 aromatic heterocycles. The minimum absolute atomic E-state index is 0.0355. The molecule has 0 atom stereocenters. The van der Waals surface area contributed by atoms with Crippen molar-refractivity contribution in [2.24, 2.45) is 0 Å². The maximum atomic E-state index is 13.7. The molecule has 0 spiro atoms. The van der Waals surface area contributed by atoms with Crippen LogP contribution in [0.25, 0.3) is 0 Å². The Bertz CT molecular complexity index is 655. The molecular weight excluding hydrogens is 306 g/mol. The first kappa shape index (κ1) is 12.8. The quantitative estimate of drug-likeness (QED) is 0.866. The van der Waals surface area contributed by atoms with E-state index in [1.165, 1.54) is 35.2 Å². The maximum absolute atomic E-state index is 13.7. The molecule has 0 saturated carbocycles. The fourth-order valence-corrected chi connectivity index (χ4v) is 1.91. The van der Waals surface area contributed by atoms with Crippen molar-refractivity contribution in [1.82, 2.24) is 4.57 Å². The first-order chi connectivity index (χ1) is 8.49. The lowest BCUT2D eigenvalue weighted by Crippen LogP contribution is -2.12. The molecular formula is C12H9BrF2N2O. The van der Waals surface area contributed by atoms with Gasteiger partial charge in [-0.15, -0.1) is 0 Å². The molecule has 1 aromatic carbocycles. The second-order valence-corrected chi connectivity index (χ2v) is 4.61.